The summed E-state index contributed by atoms with van der Waals surface area (Å²) in [6.07, 6.45) is -26.4. The Labute approximate surface area is 263 Å². The monoisotopic (exact) mass is 672 g/mol. The van der Waals surface area contributed by atoms with E-state index in [0.717, 1.165) is 0 Å². The van der Waals surface area contributed by atoms with Crippen LogP contribution in [0.25, 0.3) is 0 Å². The van der Waals surface area contributed by atoms with E-state index < -0.39 is 136 Å². The number of aliphatic hydroxyl groups is 11. The molecule has 0 aliphatic carbocycles. The molecule has 0 aromatic rings. The third kappa shape index (κ3) is 7.66. The number of rotatable bonds is 10. The van der Waals surface area contributed by atoms with Crippen molar-refractivity contribution in [3.8, 4) is 12.3 Å². The van der Waals surface area contributed by atoms with E-state index in [1.807, 2.05) is 0 Å². The SMILES string of the molecule is C#CCO[C@@H]1O[C@H](CO)[C@@H](O[C@@H]2O[C@H](CO)[C@@H](O[C@@H]3O[C@@H](C)[C@H](O)[C@@H](O)[C@H]3O)[C@H](O)[C@H]2O)[C@H](O)[C@H]1O[C@@H]1O[C@@H](C)[C@H](O)[C@@H](O)[C@H]1O. The number of ether oxygens (including phenoxy) is 8. The van der Waals surface area contributed by atoms with Gasteiger partial charge in [0, 0.05) is 0 Å². The number of terminal acetylenes is 1. The second-order valence-electron chi connectivity index (χ2n) is 11.6. The van der Waals surface area contributed by atoms with Crippen molar-refractivity contribution in [1.29, 1.82) is 0 Å². The van der Waals surface area contributed by atoms with E-state index in [4.69, 9.17) is 44.3 Å². The van der Waals surface area contributed by atoms with Crippen molar-refractivity contribution in [2.45, 2.75) is 137 Å². The molecule has 4 fully saturated rings. The van der Waals surface area contributed by atoms with E-state index in [2.05, 4.69) is 5.92 Å². The van der Waals surface area contributed by atoms with Crippen LogP contribution in [0.15, 0.2) is 0 Å². The van der Waals surface area contributed by atoms with Crippen LogP contribution in [0.4, 0.5) is 0 Å². The van der Waals surface area contributed by atoms with E-state index in [1.54, 1.807) is 0 Å². The molecule has 266 valence electrons. The third-order valence-electron chi connectivity index (χ3n) is 8.44. The van der Waals surface area contributed by atoms with E-state index in [9.17, 15) is 56.2 Å². The zero-order valence-corrected chi connectivity index (χ0v) is 24.9. The molecule has 0 radical (unpaired) electrons. The molecule has 0 aromatic heterocycles. The highest BCUT2D eigenvalue weighted by molar-refractivity contribution is 4.98. The molecule has 46 heavy (non-hydrogen) atoms. The second kappa shape index (κ2) is 16.0. The predicted octanol–water partition coefficient (Wildman–Crippen LogP) is -7.04. The molecule has 20 atom stereocenters. The Morgan fingerprint density at radius 3 is 1.35 bits per heavy atom. The maximum absolute atomic E-state index is 11.4. The highest BCUT2D eigenvalue weighted by atomic mass is 16.8. The first-order valence-corrected chi connectivity index (χ1v) is 14.7. The molecule has 4 saturated heterocycles. The summed E-state index contributed by atoms with van der Waals surface area (Å²) in [6.45, 7) is 0.824. The summed E-state index contributed by atoms with van der Waals surface area (Å²) >= 11 is 0. The van der Waals surface area contributed by atoms with Crippen LogP contribution in [0.1, 0.15) is 13.8 Å². The second-order valence-corrected chi connectivity index (χ2v) is 11.6. The lowest BCUT2D eigenvalue weighted by Gasteiger charge is -2.49. The summed E-state index contributed by atoms with van der Waals surface area (Å²) in [7, 11) is 0. The fourth-order valence-corrected chi connectivity index (χ4v) is 5.67. The van der Waals surface area contributed by atoms with Gasteiger partial charge < -0.3 is 94.1 Å². The van der Waals surface area contributed by atoms with Crippen molar-refractivity contribution in [2.24, 2.45) is 0 Å². The molecular weight excluding hydrogens is 628 g/mol. The van der Waals surface area contributed by atoms with E-state index >= 15 is 0 Å². The third-order valence-corrected chi connectivity index (χ3v) is 8.44. The molecular formula is C27H44O19. The number of aliphatic hydroxyl groups excluding tert-OH is 11. The molecule has 0 aromatic carbocycles. The van der Waals surface area contributed by atoms with Crippen molar-refractivity contribution >= 4 is 0 Å². The van der Waals surface area contributed by atoms with Gasteiger partial charge >= 0.3 is 0 Å². The van der Waals surface area contributed by atoms with Crippen LogP contribution in [0.3, 0.4) is 0 Å². The Balaban J connectivity index is 1.51. The normalized spacial score (nSPS) is 51.8. The molecule has 4 aliphatic heterocycles. The lowest BCUT2D eigenvalue weighted by atomic mass is 9.95. The first-order valence-electron chi connectivity index (χ1n) is 14.7. The minimum atomic E-state index is -1.95. The lowest BCUT2D eigenvalue weighted by molar-refractivity contribution is -0.392. The Kier molecular flexibility index (Phi) is 13.1. The quantitative estimate of drug-likeness (QED) is 0.0961. The molecule has 0 amide bonds. The van der Waals surface area contributed by atoms with Gasteiger partial charge in [0.2, 0.25) is 0 Å². The molecule has 0 unspecified atom stereocenters. The molecule has 19 heteroatoms. The molecule has 4 heterocycles. The van der Waals surface area contributed by atoms with Gasteiger partial charge in [0.25, 0.3) is 0 Å². The summed E-state index contributed by atoms with van der Waals surface area (Å²) in [5.41, 5.74) is 0. The summed E-state index contributed by atoms with van der Waals surface area (Å²) in [6, 6.07) is 0. The van der Waals surface area contributed by atoms with Crippen molar-refractivity contribution < 1.29 is 94.1 Å². The highest BCUT2D eigenvalue weighted by Crippen LogP contribution is 2.34. The maximum atomic E-state index is 11.4. The summed E-state index contributed by atoms with van der Waals surface area (Å²) in [5, 5.41) is 114. The largest absolute Gasteiger partial charge is 0.394 e. The first kappa shape index (κ1) is 37.6. The van der Waals surface area contributed by atoms with Gasteiger partial charge in [-0.1, -0.05) is 5.92 Å². The fraction of sp³-hybridized carbons (Fsp3) is 0.926. The zero-order valence-electron chi connectivity index (χ0n) is 24.9. The average molecular weight is 673 g/mol. The topological polar surface area (TPSA) is 296 Å². The fourth-order valence-electron chi connectivity index (χ4n) is 5.67. The van der Waals surface area contributed by atoms with Gasteiger partial charge in [-0.3, -0.25) is 0 Å². The molecule has 0 saturated carbocycles. The summed E-state index contributed by atoms with van der Waals surface area (Å²) in [5.74, 6) is 2.20. The van der Waals surface area contributed by atoms with Crippen LogP contribution < -0.4 is 0 Å². The minimum Gasteiger partial charge on any atom is -0.394 e. The van der Waals surface area contributed by atoms with Crippen molar-refractivity contribution in [3.63, 3.8) is 0 Å². The lowest BCUT2D eigenvalue weighted by Crippen LogP contribution is -2.67. The van der Waals surface area contributed by atoms with E-state index in [0.29, 0.717) is 0 Å². The Morgan fingerprint density at radius 2 is 0.891 bits per heavy atom. The van der Waals surface area contributed by atoms with Gasteiger partial charge in [-0.25, -0.2) is 0 Å². The molecule has 4 aliphatic rings. The Morgan fingerprint density at radius 1 is 0.500 bits per heavy atom. The van der Waals surface area contributed by atoms with Crippen LogP contribution in [-0.4, -0.2) is 199 Å². The summed E-state index contributed by atoms with van der Waals surface area (Å²) < 4.78 is 44.7. The Hall–Kier alpha value is -1.20. The average Bonchev–Trinajstić information content (AvgIpc) is 3.04. The highest BCUT2D eigenvalue weighted by Gasteiger charge is 2.55. The number of hydrogen-bond donors (Lipinski definition) is 11. The van der Waals surface area contributed by atoms with Crippen molar-refractivity contribution in [3.05, 3.63) is 0 Å². The molecule has 19 nitrogen and oxygen atoms in total. The summed E-state index contributed by atoms with van der Waals surface area (Å²) in [4.78, 5) is 0. The van der Waals surface area contributed by atoms with Gasteiger partial charge in [-0.05, 0) is 13.8 Å². The van der Waals surface area contributed by atoms with Crippen LogP contribution in [-0.2, 0) is 37.9 Å². The molecule has 0 spiro atoms. The first-order chi connectivity index (χ1) is 21.7. The van der Waals surface area contributed by atoms with Crippen LogP contribution >= 0.6 is 0 Å². The Bertz CT molecular complexity index is 999. The van der Waals surface area contributed by atoms with Gasteiger partial charge in [-0.15, -0.1) is 6.42 Å². The number of hydrogen-bond acceptors (Lipinski definition) is 19. The zero-order chi connectivity index (χ0) is 34.0. The van der Waals surface area contributed by atoms with Crippen LogP contribution in [0.5, 0.6) is 0 Å². The van der Waals surface area contributed by atoms with E-state index in [1.165, 1.54) is 13.8 Å². The van der Waals surface area contributed by atoms with Gasteiger partial charge in [0.1, 0.15) is 92.1 Å². The van der Waals surface area contributed by atoms with Crippen LogP contribution in [0.2, 0.25) is 0 Å². The van der Waals surface area contributed by atoms with Gasteiger partial charge in [-0.2, -0.15) is 0 Å². The van der Waals surface area contributed by atoms with Crippen LogP contribution in [0, 0.1) is 12.3 Å². The molecule has 11 N–H and O–H groups in total. The minimum absolute atomic E-state index is 0.350. The standard InChI is InChI=1S/C27H44O19/c1-4-5-39-27-23(46-25-18(36)15(33)13(31)9(3)41-25)20(38)22(11(7-29)43-27)45-26-19(37)16(34)21(10(6-28)42-26)44-24-17(35)14(32)12(30)8(2)40-24/h1,8-38H,5-7H2,2-3H3/t8-,9-,10+,11+,12-,13-,14+,15+,16+,17+,18+,19+,20-,21+,22+,23+,24-,25-,26-,27+/m0/s1. The van der Waals surface area contributed by atoms with E-state index in [-0.39, 0.29) is 6.61 Å². The maximum Gasteiger partial charge on any atom is 0.188 e. The molecule has 4 rings (SSSR count). The smallest absolute Gasteiger partial charge is 0.188 e. The van der Waals surface area contributed by atoms with Gasteiger partial charge in [0.15, 0.2) is 25.2 Å². The predicted molar refractivity (Wildman–Crippen MR) is 144 cm³/mol. The van der Waals surface area contributed by atoms with Gasteiger partial charge in [0.05, 0.1) is 25.4 Å². The van der Waals surface area contributed by atoms with Crippen molar-refractivity contribution in [1.82, 2.24) is 0 Å². The van der Waals surface area contributed by atoms with Crippen molar-refractivity contribution in [2.75, 3.05) is 19.8 Å². The molecule has 0 bridgehead atoms.